The maximum Gasteiger partial charge on any atom is 0.222 e. The molecule has 2 heterocycles. The quantitative estimate of drug-likeness (QED) is 0.856. The van der Waals surface area contributed by atoms with E-state index in [4.69, 9.17) is 0 Å². The van der Waals surface area contributed by atoms with Gasteiger partial charge in [-0.05, 0) is 36.8 Å². The Morgan fingerprint density at radius 1 is 1.13 bits per heavy atom. The number of hydrogen-bond donors (Lipinski definition) is 0. The molecule has 3 nitrogen and oxygen atoms in total. The molecule has 4 rings (SSSR count). The van der Waals surface area contributed by atoms with Crippen LogP contribution in [-0.2, 0) is 11.2 Å². The largest absolute Gasteiger partial charge is 0.340 e. The van der Waals surface area contributed by atoms with E-state index >= 15 is 0 Å². The summed E-state index contributed by atoms with van der Waals surface area (Å²) in [5, 5.41) is 0. The average molecular weight is 310 g/mol. The van der Waals surface area contributed by atoms with Gasteiger partial charge in [0.05, 0.1) is 0 Å². The first-order chi connectivity index (χ1) is 11.2. The van der Waals surface area contributed by atoms with Crippen LogP contribution in [0.1, 0.15) is 43.7 Å². The number of likely N-dealkylation sites (tertiary alicyclic amines) is 1. The van der Waals surface area contributed by atoms with Gasteiger partial charge in [0.15, 0.2) is 0 Å². The number of rotatable bonds is 3. The number of nitrogens with zero attached hydrogens (tertiary/aromatic N) is 2. The lowest BCUT2D eigenvalue weighted by molar-refractivity contribution is -0.134. The monoisotopic (exact) mass is 310 g/mol. The number of carbonyl (C=O) groups excluding carboxylic acids is 1. The summed E-state index contributed by atoms with van der Waals surface area (Å²) >= 11 is 0. The van der Waals surface area contributed by atoms with Crippen molar-refractivity contribution in [3.63, 3.8) is 0 Å². The highest BCUT2D eigenvalue weighted by atomic mass is 16.2. The van der Waals surface area contributed by atoms with Crippen molar-refractivity contribution in [1.82, 2.24) is 9.80 Å². The number of amides is 1. The van der Waals surface area contributed by atoms with Crippen molar-refractivity contribution >= 4 is 12.0 Å². The van der Waals surface area contributed by atoms with E-state index in [-0.39, 0.29) is 0 Å². The van der Waals surface area contributed by atoms with E-state index in [1.807, 2.05) is 6.92 Å². The highest BCUT2D eigenvalue weighted by Crippen LogP contribution is 2.33. The Hall–Kier alpha value is -1.61. The van der Waals surface area contributed by atoms with Gasteiger partial charge in [-0.3, -0.25) is 9.69 Å². The summed E-state index contributed by atoms with van der Waals surface area (Å²) in [6.07, 6.45) is 7.91. The molecule has 2 atom stereocenters. The Morgan fingerprint density at radius 3 is 2.61 bits per heavy atom. The molecule has 23 heavy (non-hydrogen) atoms. The first-order valence-corrected chi connectivity index (χ1v) is 9.05. The molecular weight excluding hydrogens is 284 g/mol. The highest BCUT2D eigenvalue weighted by Gasteiger charge is 2.41. The molecule has 2 aliphatic heterocycles. The normalized spacial score (nSPS) is 26.8. The number of carbonyl (C=O) groups is 1. The van der Waals surface area contributed by atoms with Gasteiger partial charge in [0.2, 0.25) is 5.91 Å². The van der Waals surface area contributed by atoms with Crippen molar-refractivity contribution in [2.24, 2.45) is 0 Å². The van der Waals surface area contributed by atoms with Gasteiger partial charge in [-0.2, -0.15) is 0 Å². The standard InChI is InChI=1S/C20H26N2O/c1-2-20(23)21-13-18-9-10-19(14-21)22(18)12-15-7-8-16-5-3-4-6-17(16)11-15/h3-6,11,18-19H,2,7-10,12-14H2,1H3/t18-,19+. The van der Waals surface area contributed by atoms with Gasteiger partial charge < -0.3 is 4.90 Å². The van der Waals surface area contributed by atoms with Crippen molar-refractivity contribution in [1.29, 1.82) is 0 Å². The zero-order valence-electron chi connectivity index (χ0n) is 14.0. The molecule has 1 aromatic carbocycles. The molecular formula is C20H26N2O. The van der Waals surface area contributed by atoms with Gasteiger partial charge >= 0.3 is 0 Å². The highest BCUT2D eigenvalue weighted by molar-refractivity contribution is 5.76. The van der Waals surface area contributed by atoms with E-state index in [0.717, 1.165) is 19.6 Å². The van der Waals surface area contributed by atoms with Gasteiger partial charge in [0.25, 0.3) is 0 Å². The fourth-order valence-corrected chi connectivity index (χ4v) is 4.52. The summed E-state index contributed by atoms with van der Waals surface area (Å²) in [6.45, 7) is 4.94. The smallest absolute Gasteiger partial charge is 0.222 e. The maximum absolute atomic E-state index is 12.0. The van der Waals surface area contributed by atoms with Crippen LogP contribution in [0.4, 0.5) is 0 Å². The van der Waals surface area contributed by atoms with Crippen LogP contribution in [0.3, 0.4) is 0 Å². The van der Waals surface area contributed by atoms with Crippen molar-refractivity contribution in [3.05, 3.63) is 41.0 Å². The zero-order chi connectivity index (χ0) is 15.8. The lowest BCUT2D eigenvalue weighted by Crippen LogP contribution is -2.55. The third kappa shape index (κ3) is 2.83. The van der Waals surface area contributed by atoms with Crippen molar-refractivity contribution in [3.8, 4) is 0 Å². The van der Waals surface area contributed by atoms with Gasteiger partial charge in [0, 0.05) is 38.1 Å². The number of aryl methyl sites for hydroxylation is 1. The van der Waals surface area contributed by atoms with Crippen molar-refractivity contribution in [2.45, 2.75) is 51.1 Å². The van der Waals surface area contributed by atoms with Gasteiger partial charge in [0.1, 0.15) is 0 Å². The van der Waals surface area contributed by atoms with Crippen LogP contribution in [-0.4, -0.2) is 47.4 Å². The lowest BCUT2D eigenvalue weighted by atomic mass is 9.91. The van der Waals surface area contributed by atoms with Crippen molar-refractivity contribution in [2.75, 3.05) is 19.6 Å². The third-order valence-corrected chi connectivity index (χ3v) is 5.80. The molecule has 1 aromatic rings. The number of hydrogen-bond acceptors (Lipinski definition) is 2. The molecule has 0 radical (unpaired) electrons. The predicted octanol–water partition coefficient (Wildman–Crippen LogP) is 3.10. The first-order valence-electron chi connectivity index (χ1n) is 9.05. The summed E-state index contributed by atoms with van der Waals surface area (Å²) in [5.74, 6) is 0.326. The third-order valence-electron chi connectivity index (χ3n) is 5.80. The van der Waals surface area contributed by atoms with E-state index in [0.29, 0.717) is 24.4 Å². The molecule has 1 aliphatic carbocycles. The Kier molecular flexibility index (Phi) is 3.98. The molecule has 1 amide bonds. The molecule has 122 valence electrons. The number of fused-ring (bicyclic) bond motifs is 3. The molecule has 0 saturated carbocycles. The van der Waals surface area contributed by atoms with Crippen LogP contribution in [0, 0.1) is 0 Å². The summed E-state index contributed by atoms with van der Waals surface area (Å²) in [7, 11) is 0. The predicted molar refractivity (Wildman–Crippen MR) is 93.1 cm³/mol. The van der Waals surface area contributed by atoms with Gasteiger partial charge in [-0.1, -0.05) is 42.8 Å². The second-order valence-corrected chi connectivity index (χ2v) is 7.21. The van der Waals surface area contributed by atoms with Crippen LogP contribution < -0.4 is 0 Å². The van der Waals surface area contributed by atoms with Crippen molar-refractivity contribution < 1.29 is 4.79 Å². The van der Waals surface area contributed by atoms with E-state index in [9.17, 15) is 4.79 Å². The number of benzene rings is 1. The summed E-state index contributed by atoms with van der Waals surface area (Å²) < 4.78 is 0. The van der Waals surface area contributed by atoms with Crippen LogP contribution >= 0.6 is 0 Å². The Labute approximate surface area is 139 Å². The minimum absolute atomic E-state index is 0.326. The Bertz CT molecular complexity index is 622. The minimum atomic E-state index is 0.326. The second-order valence-electron chi connectivity index (χ2n) is 7.21. The van der Waals surface area contributed by atoms with Gasteiger partial charge in [-0.15, -0.1) is 0 Å². The van der Waals surface area contributed by atoms with E-state index in [2.05, 4.69) is 40.1 Å². The van der Waals surface area contributed by atoms with Crippen LogP contribution in [0.25, 0.3) is 6.08 Å². The molecule has 3 heteroatoms. The second kappa shape index (κ2) is 6.12. The molecule has 2 bridgehead atoms. The SMILES string of the molecule is CCC(=O)N1C[C@H]2CC[C@@H](C1)N2CC1=Cc2ccccc2CC1. The fraction of sp³-hybridized carbons (Fsp3) is 0.550. The summed E-state index contributed by atoms with van der Waals surface area (Å²) in [6, 6.07) is 9.91. The molecule has 2 fully saturated rings. The summed E-state index contributed by atoms with van der Waals surface area (Å²) in [4.78, 5) is 16.8. The van der Waals surface area contributed by atoms with E-state index < -0.39 is 0 Å². The Balaban J connectivity index is 1.47. The Morgan fingerprint density at radius 2 is 1.87 bits per heavy atom. The zero-order valence-corrected chi connectivity index (χ0v) is 14.0. The molecule has 3 aliphatic rings. The van der Waals surface area contributed by atoms with E-state index in [1.54, 1.807) is 5.57 Å². The van der Waals surface area contributed by atoms with Crippen LogP contribution in [0.2, 0.25) is 0 Å². The minimum Gasteiger partial charge on any atom is -0.340 e. The van der Waals surface area contributed by atoms with E-state index in [1.165, 1.54) is 36.8 Å². The first kappa shape index (κ1) is 14.9. The fourth-order valence-electron chi connectivity index (χ4n) is 4.52. The lowest BCUT2D eigenvalue weighted by Gasteiger charge is -2.41. The van der Waals surface area contributed by atoms with Crippen LogP contribution in [0.5, 0.6) is 0 Å². The van der Waals surface area contributed by atoms with Gasteiger partial charge in [-0.25, -0.2) is 0 Å². The maximum atomic E-state index is 12.0. The van der Waals surface area contributed by atoms with Crippen LogP contribution in [0.15, 0.2) is 29.8 Å². The number of piperazine rings is 1. The summed E-state index contributed by atoms with van der Waals surface area (Å²) in [5.41, 5.74) is 4.45. The molecule has 0 spiro atoms. The average Bonchev–Trinajstić information content (AvgIpc) is 2.82. The molecule has 2 saturated heterocycles. The topological polar surface area (TPSA) is 23.6 Å². The molecule has 0 N–H and O–H groups in total. The molecule has 0 aromatic heterocycles. The molecule has 0 unspecified atom stereocenters.